The largest absolute Gasteiger partial charge is 0.309 e. The number of benzene rings is 1. The van der Waals surface area contributed by atoms with Gasteiger partial charge in [-0.3, -0.25) is 0 Å². The Hall–Kier alpha value is -1.71. The molecule has 0 spiro atoms. The number of thiazole rings is 1. The highest BCUT2D eigenvalue weighted by molar-refractivity contribution is 7.98. The minimum absolute atomic E-state index is 0.155. The Morgan fingerprint density at radius 2 is 2.00 bits per heavy atom. The summed E-state index contributed by atoms with van der Waals surface area (Å²) >= 11 is 3.34. The monoisotopic (exact) mass is 462 g/mol. The van der Waals surface area contributed by atoms with Crippen LogP contribution in [0.1, 0.15) is 42.5 Å². The van der Waals surface area contributed by atoms with Gasteiger partial charge in [-0.1, -0.05) is 49.9 Å². The molecule has 1 unspecified atom stereocenters. The number of rotatable bonds is 7. The van der Waals surface area contributed by atoms with Crippen molar-refractivity contribution in [2.75, 3.05) is 11.5 Å². The lowest BCUT2D eigenvalue weighted by Crippen LogP contribution is -2.11. The highest BCUT2D eigenvalue weighted by Gasteiger charge is 2.29. The van der Waals surface area contributed by atoms with Crippen molar-refractivity contribution in [2.24, 2.45) is 13.0 Å². The SMILES string of the molecule is CC(C)c1ccc(-c2ncc(CSc3nnc(CC4CCS(=O)(=O)C4)n3C)s2)cc1. The minimum atomic E-state index is -2.86. The van der Waals surface area contributed by atoms with Crippen LogP contribution in [0.2, 0.25) is 0 Å². The molecule has 1 fully saturated rings. The summed E-state index contributed by atoms with van der Waals surface area (Å²) < 4.78 is 25.3. The van der Waals surface area contributed by atoms with Crippen LogP contribution < -0.4 is 0 Å². The van der Waals surface area contributed by atoms with E-state index in [1.807, 2.05) is 17.8 Å². The molecule has 2 aromatic heterocycles. The normalized spacial score (nSPS) is 18.3. The van der Waals surface area contributed by atoms with Crippen molar-refractivity contribution in [3.8, 4) is 10.6 Å². The van der Waals surface area contributed by atoms with E-state index in [-0.39, 0.29) is 11.7 Å². The van der Waals surface area contributed by atoms with Crippen molar-refractivity contribution in [1.82, 2.24) is 19.7 Å². The summed E-state index contributed by atoms with van der Waals surface area (Å²) in [7, 11) is -0.910. The summed E-state index contributed by atoms with van der Waals surface area (Å²) in [5.74, 6) is 2.88. The molecule has 1 atom stereocenters. The first-order valence-corrected chi connectivity index (χ1v) is 13.7. The summed E-state index contributed by atoms with van der Waals surface area (Å²) in [6.45, 7) is 4.39. The highest BCUT2D eigenvalue weighted by atomic mass is 32.2. The summed E-state index contributed by atoms with van der Waals surface area (Å²) in [6, 6.07) is 8.63. The summed E-state index contributed by atoms with van der Waals surface area (Å²) in [4.78, 5) is 5.78. The number of aromatic nitrogens is 4. The van der Waals surface area contributed by atoms with Crippen LogP contribution in [0.25, 0.3) is 10.6 Å². The van der Waals surface area contributed by atoms with Gasteiger partial charge < -0.3 is 4.57 Å². The predicted molar refractivity (Wildman–Crippen MR) is 123 cm³/mol. The average molecular weight is 463 g/mol. The molecule has 6 nitrogen and oxygen atoms in total. The third-order valence-electron chi connectivity index (χ3n) is 5.44. The molecule has 3 aromatic rings. The van der Waals surface area contributed by atoms with E-state index in [1.165, 1.54) is 10.4 Å². The molecule has 3 heterocycles. The topological polar surface area (TPSA) is 77.7 Å². The van der Waals surface area contributed by atoms with Crippen LogP contribution in [0.5, 0.6) is 0 Å². The van der Waals surface area contributed by atoms with Gasteiger partial charge in [-0.25, -0.2) is 13.4 Å². The quantitative estimate of drug-likeness (QED) is 0.486. The molecule has 1 saturated heterocycles. The number of hydrogen-bond donors (Lipinski definition) is 0. The van der Waals surface area contributed by atoms with Gasteiger partial charge in [0.25, 0.3) is 0 Å². The van der Waals surface area contributed by atoms with Gasteiger partial charge in [0.1, 0.15) is 10.8 Å². The lowest BCUT2D eigenvalue weighted by molar-refractivity contribution is 0.552. The molecule has 0 saturated carbocycles. The molecular weight excluding hydrogens is 436 g/mol. The molecule has 160 valence electrons. The van der Waals surface area contributed by atoms with E-state index in [9.17, 15) is 8.42 Å². The van der Waals surface area contributed by atoms with Gasteiger partial charge in [-0.2, -0.15) is 0 Å². The first kappa shape index (κ1) is 21.5. The Bertz CT molecular complexity index is 1120. The lowest BCUT2D eigenvalue weighted by Gasteiger charge is -2.07. The van der Waals surface area contributed by atoms with Gasteiger partial charge in [0, 0.05) is 35.9 Å². The second-order valence-corrected chi connectivity index (χ2v) is 12.4. The van der Waals surface area contributed by atoms with Crippen LogP contribution in [0.4, 0.5) is 0 Å². The Morgan fingerprint density at radius 1 is 1.23 bits per heavy atom. The molecule has 0 radical (unpaired) electrons. The van der Waals surface area contributed by atoms with E-state index in [1.54, 1.807) is 23.1 Å². The molecule has 1 aliphatic heterocycles. The maximum Gasteiger partial charge on any atom is 0.191 e. The second-order valence-electron chi connectivity index (χ2n) is 8.13. The summed E-state index contributed by atoms with van der Waals surface area (Å²) in [6.07, 6.45) is 3.32. The Balaban J connectivity index is 1.37. The fourth-order valence-electron chi connectivity index (χ4n) is 3.59. The van der Waals surface area contributed by atoms with Crippen molar-refractivity contribution in [2.45, 2.75) is 43.5 Å². The van der Waals surface area contributed by atoms with Gasteiger partial charge in [0.05, 0.1) is 11.5 Å². The van der Waals surface area contributed by atoms with E-state index in [0.717, 1.165) is 33.7 Å². The van der Waals surface area contributed by atoms with Gasteiger partial charge >= 0.3 is 0 Å². The van der Waals surface area contributed by atoms with Crippen LogP contribution in [-0.4, -0.2) is 39.7 Å². The maximum absolute atomic E-state index is 11.7. The minimum Gasteiger partial charge on any atom is -0.309 e. The average Bonchev–Trinajstić information content (AvgIpc) is 3.41. The van der Waals surface area contributed by atoms with Crippen molar-refractivity contribution in [3.63, 3.8) is 0 Å². The smallest absolute Gasteiger partial charge is 0.191 e. The van der Waals surface area contributed by atoms with E-state index in [4.69, 9.17) is 0 Å². The third-order valence-corrected chi connectivity index (χ3v) is 9.58. The van der Waals surface area contributed by atoms with Crippen LogP contribution in [-0.2, 0) is 29.1 Å². The fourth-order valence-corrected chi connectivity index (χ4v) is 7.32. The van der Waals surface area contributed by atoms with Gasteiger partial charge in [-0.05, 0) is 23.8 Å². The zero-order valence-electron chi connectivity index (χ0n) is 17.4. The summed E-state index contributed by atoms with van der Waals surface area (Å²) in [5, 5.41) is 10.5. The van der Waals surface area contributed by atoms with Crippen LogP contribution in [0.3, 0.4) is 0 Å². The van der Waals surface area contributed by atoms with E-state index in [2.05, 4.69) is 53.3 Å². The molecular formula is C21H26N4O2S3. The van der Waals surface area contributed by atoms with Crippen molar-refractivity contribution >= 4 is 32.9 Å². The zero-order chi connectivity index (χ0) is 21.3. The molecule has 1 aliphatic rings. The Kier molecular flexibility index (Phi) is 6.31. The third kappa shape index (κ3) is 4.95. The van der Waals surface area contributed by atoms with Crippen LogP contribution >= 0.6 is 23.1 Å². The molecule has 1 aromatic carbocycles. The van der Waals surface area contributed by atoms with Gasteiger partial charge in [0.15, 0.2) is 15.0 Å². The Labute approximate surface area is 186 Å². The molecule has 0 N–H and O–H groups in total. The molecule has 4 rings (SSSR count). The maximum atomic E-state index is 11.7. The number of thioether (sulfide) groups is 1. The van der Waals surface area contributed by atoms with E-state index < -0.39 is 9.84 Å². The predicted octanol–water partition coefficient (Wildman–Crippen LogP) is 4.33. The van der Waals surface area contributed by atoms with E-state index >= 15 is 0 Å². The van der Waals surface area contributed by atoms with Crippen LogP contribution in [0, 0.1) is 5.92 Å². The fraction of sp³-hybridized carbons (Fsp3) is 0.476. The highest BCUT2D eigenvalue weighted by Crippen LogP contribution is 2.31. The summed E-state index contributed by atoms with van der Waals surface area (Å²) in [5.41, 5.74) is 2.48. The first-order valence-electron chi connectivity index (χ1n) is 10.1. The van der Waals surface area contributed by atoms with E-state index in [0.29, 0.717) is 18.1 Å². The van der Waals surface area contributed by atoms with Crippen molar-refractivity contribution < 1.29 is 8.42 Å². The first-order chi connectivity index (χ1) is 14.3. The Morgan fingerprint density at radius 3 is 2.67 bits per heavy atom. The molecule has 0 bridgehead atoms. The molecule has 0 amide bonds. The van der Waals surface area contributed by atoms with Crippen molar-refractivity contribution in [1.29, 1.82) is 0 Å². The second kappa shape index (κ2) is 8.80. The van der Waals surface area contributed by atoms with Crippen LogP contribution in [0.15, 0.2) is 35.6 Å². The van der Waals surface area contributed by atoms with Gasteiger partial charge in [0.2, 0.25) is 0 Å². The number of hydrogen-bond acceptors (Lipinski definition) is 7. The standard InChI is InChI=1S/C21H26N4O2S3/c1-14(2)16-4-6-17(7-5-16)20-22-11-18(29-20)12-28-21-24-23-19(25(21)3)10-15-8-9-30(26,27)13-15/h4-7,11,14-15H,8-10,12-13H2,1-3H3. The lowest BCUT2D eigenvalue weighted by atomic mass is 10.0. The van der Waals surface area contributed by atoms with Gasteiger partial charge in [-0.15, -0.1) is 21.5 Å². The molecule has 30 heavy (non-hydrogen) atoms. The number of sulfone groups is 1. The molecule has 0 aliphatic carbocycles. The van der Waals surface area contributed by atoms with Crippen molar-refractivity contribution in [3.05, 3.63) is 46.7 Å². The zero-order valence-corrected chi connectivity index (χ0v) is 19.9. The molecule has 9 heteroatoms. The number of nitrogens with zero attached hydrogens (tertiary/aromatic N) is 4.